The minimum absolute atomic E-state index is 0.00114. The molecule has 7 nitrogen and oxygen atoms in total. The van der Waals surface area contributed by atoms with E-state index in [0.717, 1.165) is 30.4 Å². The third-order valence-electron chi connectivity index (χ3n) is 7.55. The maximum atomic E-state index is 13.0. The van der Waals surface area contributed by atoms with Crippen LogP contribution in [0.2, 0.25) is 0 Å². The van der Waals surface area contributed by atoms with E-state index < -0.39 is 12.1 Å². The van der Waals surface area contributed by atoms with Gasteiger partial charge in [0.1, 0.15) is 6.61 Å². The van der Waals surface area contributed by atoms with Crippen LogP contribution in [0, 0.1) is 5.41 Å². The monoisotopic (exact) mass is 478 g/mol. The van der Waals surface area contributed by atoms with Crippen molar-refractivity contribution in [3.8, 4) is 11.1 Å². The molecule has 2 aromatic rings. The number of benzene rings is 2. The Morgan fingerprint density at radius 1 is 1.09 bits per heavy atom. The first-order valence-corrected chi connectivity index (χ1v) is 12.4. The highest BCUT2D eigenvalue weighted by atomic mass is 16.5. The quantitative estimate of drug-likeness (QED) is 0.512. The molecule has 2 aromatic carbocycles. The number of hydrogen-bond donors (Lipinski definition) is 2. The van der Waals surface area contributed by atoms with Crippen LogP contribution in [0.3, 0.4) is 0 Å². The van der Waals surface area contributed by atoms with Gasteiger partial charge < -0.3 is 20.1 Å². The fourth-order valence-electron chi connectivity index (χ4n) is 5.52. The number of carbonyl (C=O) groups excluding carboxylic acids is 2. The molecule has 0 bridgehead atoms. The molecular weight excluding hydrogens is 444 g/mol. The largest absolute Gasteiger partial charge is 0.481 e. The fraction of sp³-hybridized carbons (Fsp3) is 0.464. The lowest BCUT2D eigenvalue weighted by molar-refractivity contribution is -0.141. The van der Waals surface area contributed by atoms with Crippen molar-refractivity contribution >= 4 is 18.0 Å². The molecule has 4 rings (SSSR count). The van der Waals surface area contributed by atoms with Crippen LogP contribution in [0.4, 0.5) is 4.79 Å². The van der Waals surface area contributed by atoms with E-state index in [1.807, 2.05) is 31.2 Å². The third-order valence-corrected chi connectivity index (χ3v) is 7.55. The van der Waals surface area contributed by atoms with Crippen molar-refractivity contribution in [3.63, 3.8) is 0 Å². The molecule has 0 spiro atoms. The molecule has 35 heavy (non-hydrogen) atoms. The number of hydrogen-bond acceptors (Lipinski definition) is 4. The van der Waals surface area contributed by atoms with Crippen LogP contribution in [-0.2, 0) is 14.3 Å². The molecule has 1 saturated carbocycles. The Hall–Kier alpha value is -3.35. The van der Waals surface area contributed by atoms with Gasteiger partial charge >= 0.3 is 12.1 Å². The van der Waals surface area contributed by atoms with Crippen LogP contribution >= 0.6 is 0 Å². The standard InChI is InChI=1S/C28H34N2O5/c1-3-30(19(2)15-26(32)33)25(31)16-28(13-8-14-28)18-29-27(34)35-17-24-22-11-6-4-9-20(22)21-10-5-7-12-23(21)24/h4-7,9-12,19,24H,3,8,13-18H2,1-2H3,(H,29,34)(H,32,33). The number of amides is 2. The lowest BCUT2D eigenvalue weighted by Gasteiger charge is -2.43. The second-order valence-corrected chi connectivity index (χ2v) is 9.84. The van der Waals surface area contributed by atoms with Crippen molar-refractivity contribution in [2.45, 2.75) is 57.9 Å². The maximum absolute atomic E-state index is 13.0. The van der Waals surface area contributed by atoms with E-state index in [4.69, 9.17) is 9.84 Å². The molecule has 2 N–H and O–H groups in total. The topological polar surface area (TPSA) is 95.9 Å². The number of carboxylic acid groups (broad SMARTS) is 1. The van der Waals surface area contributed by atoms with Gasteiger partial charge in [-0.1, -0.05) is 55.0 Å². The van der Waals surface area contributed by atoms with E-state index in [1.165, 1.54) is 11.1 Å². The van der Waals surface area contributed by atoms with E-state index >= 15 is 0 Å². The highest BCUT2D eigenvalue weighted by molar-refractivity contribution is 5.80. The molecule has 7 heteroatoms. The summed E-state index contributed by atoms with van der Waals surface area (Å²) in [5.74, 6) is -0.976. The molecule has 0 saturated heterocycles. The van der Waals surface area contributed by atoms with E-state index in [1.54, 1.807) is 11.8 Å². The third kappa shape index (κ3) is 5.34. The molecule has 2 aliphatic carbocycles. The Balaban J connectivity index is 1.33. The number of rotatable bonds is 10. The Kier molecular flexibility index (Phi) is 7.43. The summed E-state index contributed by atoms with van der Waals surface area (Å²) >= 11 is 0. The van der Waals surface area contributed by atoms with Gasteiger partial charge in [-0.25, -0.2) is 4.79 Å². The lowest BCUT2D eigenvalue weighted by Crippen LogP contribution is -2.48. The summed E-state index contributed by atoms with van der Waals surface area (Å²) < 4.78 is 5.65. The minimum Gasteiger partial charge on any atom is -0.481 e. The van der Waals surface area contributed by atoms with Crippen LogP contribution < -0.4 is 5.32 Å². The Labute approximate surface area is 206 Å². The fourth-order valence-corrected chi connectivity index (χ4v) is 5.52. The second kappa shape index (κ2) is 10.5. The number of carboxylic acids is 1. The number of alkyl carbamates (subject to hydrolysis) is 1. The van der Waals surface area contributed by atoms with E-state index in [-0.39, 0.29) is 36.3 Å². The Morgan fingerprint density at radius 3 is 2.20 bits per heavy atom. The summed E-state index contributed by atoms with van der Waals surface area (Å²) in [6.45, 7) is 4.71. The van der Waals surface area contributed by atoms with Gasteiger partial charge in [-0.2, -0.15) is 0 Å². The number of fused-ring (bicyclic) bond motifs is 3. The normalized spacial score (nSPS) is 16.4. The van der Waals surface area contributed by atoms with Crippen LogP contribution in [0.15, 0.2) is 48.5 Å². The van der Waals surface area contributed by atoms with Crippen molar-refractivity contribution in [1.82, 2.24) is 10.2 Å². The zero-order valence-electron chi connectivity index (χ0n) is 20.5. The van der Waals surface area contributed by atoms with Crippen molar-refractivity contribution in [3.05, 3.63) is 59.7 Å². The molecule has 2 amide bonds. The predicted octanol–water partition coefficient (Wildman–Crippen LogP) is 4.80. The number of carbonyl (C=O) groups is 3. The van der Waals surface area contributed by atoms with Gasteiger partial charge in [-0.05, 0) is 54.4 Å². The summed E-state index contributed by atoms with van der Waals surface area (Å²) in [6, 6.07) is 16.1. The Bertz CT molecular complexity index is 1050. The van der Waals surface area contributed by atoms with E-state index in [0.29, 0.717) is 19.5 Å². The van der Waals surface area contributed by atoms with Crippen LogP contribution in [0.1, 0.15) is 63.0 Å². The SMILES string of the molecule is CCN(C(=O)CC1(CNC(=O)OCC2c3ccccc3-c3ccccc32)CCC1)C(C)CC(=O)O. The minimum atomic E-state index is -0.918. The highest BCUT2D eigenvalue weighted by Gasteiger charge is 2.41. The lowest BCUT2D eigenvalue weighted by atomic mass is 9.66. The van der Waals surface area contributed by atoms with Gasteiger partial charge in [-0.3, -0.25) is 9.59 Å². The summed E-state index contributed by atoms with van der Waals surface area (Å²) in [6.07, 6.45) is 2.47. The zero-order valence-corrected chi connectivity index (χ0v) is 20.5. The van der Waals surface area contributed by atoms with Gasteiger partial charge in [0.2, 0.25) is 5.91 Å². The summed E-state index contributed by atoms with van der Waals surface area (Å²) in [5, 5.41) is 12.0. The average Bonchev–Trinajstić information content (AvgIpc) is 3.13. The number of nitrogens with one attached hydrogen (secondary N) is 1. The molecular formula is C28H34N2O5. The van der Waals surface area contributed by atoms with Gasteiger partial charge in [-0.15, -0.1) is 0 Å². The smallest absolute Gasteiger partial charge is 0.407 e. The van der Waals surface area contributed by atoms with Crippen LogP contribution in [0.5, 0.6) is 0 Å². The highest BCUT2D eigenvalue weighted by Crippen LogP contribution is 2.45. The zero-order chi connectivity index (χ0) is 25.0. The molecule has 186 valence electrons. The number of aliphatic carboxylic acids is 1. The van der Waals surface area contributed by atoms with Gasteiger partial charge in [0.25, 0.3) is 0 Å². The van der Waals surface area contributed by atoms with Gasteiger partial charge in [0.15, 0.2) is 0 Å². The predicted molar refractivity (Wildman–Crippen MR) is 133 cm³/mol. The second-order valence-electron chi connectivity index (χ2n) is 9.84. The molecule has 0 aromatic heterocycles. The molecule has 0 radical (unpaired) electrons. The van der Waals surface area contributed by atoms with Crippen molar-refractivity contribution in [2.24, 2.45) is 5.41 Å². The van der Waals surface area contributed by atoms with Gasteiger partial charge in [0.05, 0.1) is 6.42 Å². The number of ether oxygens (including phenoxy) is 1. The molecule has 1 unspecified atom stereocenters. The van der Waals surface area contributed by atoms with Crippen molar-refractivity contribution in [1.29, 1.82) is 0 Å². The average molecular weight is 479 g/mol. The summed E-state index contributed by atoms with van der Waals surface area (Å²) in [4.78, 5) is 38.3. The Morgan fingerprint density at radius 2 is 1.69 bits per heavy atom. The first kappa shape index (κ1) is 24.8. The summed E-state index contributed by atoms with van der Waals surface area (Å²) in [5.41, 5.74) is 4.40. The van der Waals surface area contributed by atoms with Gasteiger partial charge in [0, 0.05) is 31.5 Å². The maximum Gasteiger partial charge on any atom is 0.407 e. The van der Waals surface area contributed by atoms with Crippen molar-refractivity contribution in [2.75, 3.05) is 19.7 Å². The molecule has 0 heterocycles. The van der Waals surface area contributed by atoms with Crippen molar-refractivity contribution < 1.29 is 24.2 Å². The molecule has 1 atom stereocenters. The molecule has 1 fully saturated rings. The first-order valence-electron chi connectivity index (χ1n) is 12.4. The summed E-state index contributed by atoms with van der Waals surface area (Å²) in [7, 11) is 0. The van der Waals surface area contributed by atoms with E-state index in [9.17, 15) is 14.4 Å². The molecule has 2 aliphatic rings. The van der Waals surface area contributed by atoms with Crippen LogP contribution in [0.25, 0.3) is 11.1 Å². The molecule has 0 aliphatic heterocycles. The van der Waals surface area contributed by atoms with E-state index in [2.05, 4.69) is 29.6 Å². The van der Waals surface area contributed by atoms with Crippen LogP contribution in [-0.4, -0.2) is 53.7 Å². The number of nitrogens with zero attached hydrogens (tertiary/aromatic N) is 1. The first-order chi connectivity index (χ1) is 16.8.